The molecular weight excluding hydrogens is 244 g/mol. The minimum atomic E-state index is 0.602. The lowest BCUT2D eigenvalue weighted by Crippen LogP contribution is -2.57. The Hall–Kier alpha value is -0.860. The van der Waals surface area contributed by atoms with Crippen molar-refractivity contribution in [2.24, 2.45) is 5.92 Å². The van der Waals surface area contributed by atoms with E-state index in [1.165, 1.54) is 17.5 Å². The monoisotopic (exact) mass is 274 g/mol. The fourth-order valence-corrected chi connectivity index (χ4v) is 3.13. The van der Waals surface area contributed by atoms with Crippen LogP contribution in [0.3, 0.4) is 0 Å². The highest BCUT2D eigenvalue weighted by Gasteiger charge is 2.28. The van der Waals surface area contributed by atoms with E-state index in [1.54, 1.807) is 0 Å². The summed E-state index contributed by atoms with van der Waals surface area (Å²) in [5.74, 6) is 0.755. The Bertz CT molecular complexity index is 398. The van der Waals surface area contributed by atoms with Crippen LogP contribution < -0.4 is 5.32 Å². The lowest BCUT2D eigenvalue weighted by Gasteiger charge is -2.42. The largest absolute Gasteiger partial charge is 0.311 e. The maximum Gasteiger partial charge on any atom is 0.0250 e. The highest BCUT2D eigenvalue weighted by atomic mass is 15.2. The smallest absolute Gasteiger partial charge is 0.0250 e. The van der Waals surface area contributed by atoms with Crippen LogP contribution in [-0.2, 0) is 13.0 Å². The molecule has 2 rings (SSSR count). The van der Waals surface area contributed by atoms with E-state index in [0.29, 0.717) is 12.1 Å². The number of nitrogens with zero attached hydrogens (tertiary/aromatic N) is 1. The van der Waals surface area contributed by atoms with Gasteiger partial charge in [0, 0.05) is 31.7 Å². The second-order valence-corrected chi connectivity index (χ2v) is 6.36. The fourth-order valence-electron chi connectivity index (χ4n) is 3.13. The van der Waals surface area contributed by atoms with E-state index in [2.05, 4.69) is 62.2 Å². The molecule has 1 aliphatic heterocycles. The standard InChI is InChI=1S/C18H30N2/c1-5-14(3)18-11-19-15(4)12-20(18)13-17-9-7-16(6-2)8-10-17/h7-10,14-15,18-19H,5-6,11-13H2,1-4H3. The fraction of sp³-hybridized carbons (Fsp3) is 0.667. The Morgan fingerprint density at radius 3 is 2.45 bits per heavy atom. The summed E-state index contributed by atoms with van der Waals surface area (Å²) in [4.78, 5) is 2.68. The highest BCUT2D eigenvalue weighted by molar-refractivity contribution is 5.22. The van der Waals surface area contributed by atoms with Gasteiger partial charge in [0.05, 0.1) is 0 Å². The molecule has 2 heteroatoms. The first-order valence-corrected chi connectivity index (χ1v) is 8.19. The van der Waals surface area contributed by atoms with E-state index in [4.69, 9.17) is 0 Å². The Balaban J connectivity index is 2.05. The molecule has 0 aromatic heterocycles. The van der Waals surface area contributed by atoms with Crippen molar-refractivity contribution >= 4 is 0 Å². The average molecular weight is 274 g/mol. The van der Waals surface area contributed by atoms with E-state index in [0.717, 1.165) is 32.0 Å². The maximum absolute atomic E-state index is 3.64. The number of piperazine rings is 1. The SMILES string of the molecule is CCc1ccc(CN2CC(C)NCC2C(C)CC)cc1. The quantitative estimate of drug-likeness (QED) is 0.884. The minimum absolute atomic E-state index is 0.602. The third kappa shape index (κ3) is 3.83. The molecule has 20 heavy (non-hydrogen) atoms. The molecule has 3 unspecified atom stereocenters. The number of hydrogen-bond acceptors (Lipinski definition) is 2. The number of nitrogens with one attached hydrogen (secondary N) is 1. The topological polar surface area (TPSA) is 15.3 Å². The van der Waals surface area contributed by atoms with Crippen LogP contribution in [0.25, 0.3) is 0 Å². The van der Waals surface area contributed by atoms with Gasteiger partial charge in [-0.2, -0.15) is 0 Å². The van der Waals surface area contributed by atoms with Crippen LogP contribution in [-0.4, -0.2) is 30.1 Å². The molecule has 0 saturated carbocycles. The number of aryl methyl sites for hydroxylation is 1. The lowest BCUT2D eigenvalue weighted by molar-refractivity contribution is 0.0885. The van der Waals surface area contributed by atoms with Crippen molar-refractivity contribution in [2.75, 3.05) is 13.1 Å². The van der Waals surface area contributed by atoms with E-state index in [1.807, 2.05) is 0 Å². The first-order valence-electron chi connectivity index (χ1n) is 8.19. The van der Waals surface area contributed by atoms with Crippen molar-refractivity contribution in [3.63, 3.8) is 0 Å². The van der Waals surface area contributed by atoms with Gasteiger partial charge in [0.25, 0.3) is 0 Å². The van der Waals surface area contributed by atoms with Gasteiger partial charge < -0.3 is 5.32 Å². The van der Waals surface area contributed by atoms with Gasteiger partial charge in [-0.15, -0.1) is 0 Å². The molecule has 0 aliphatic carbocycles. The number of benzene rings is 1. The maximum atomic E-state index is 3.64. The van der Waals surface area contributed by atoms with Gasteiger partial charge in [0.1, 0.15) is 0 Å². The number of rotatable bonds is 5. The predicted molar refractivity (Wildman–Crippen MR) is 86.9 cm³/mol. The van der Waals surface area contributed by atoms with Crippen molar-refractivity contribution < 1.29 is 0 Å². The second kappa shape index (κ2) is 7.24. The molecule has 1 heterocycles. The second-order valence-electron chi connectivity index (χ2n) is 6.36. The summed E-state index contributed by atoms with van der Waals surface area (Å²) < 4.78 is 0. The summed E-state index contributed by atoms with van der Waals surface area (Å²) in [7, 11) is 0. The van der Waals surface area contributed by atoms with Crippen LogP contribution in [0.15, 0.2) is 24.3 Å². The van der Waals surface area contributed by atoms with Gasteiger partial charge in [-0.05, 0) is 30.4 Å². The summed E-state index contributed by atoms with van der Waals surface area (Å²) >= 11 is 0. The molecule has 1 N–H and O–H groups in total. The van der Waals surface area contributed by atoms with Crippen LogP contribution in [0.2, 0.25) is 0 Å². The predicted octanol–water partition coefficient (Wildman–Crippen LogP) is 3.46. The third-order valence-corrected chi connectivity index (χ3v) is 4.77. The first-order chi connectivity index (χ1) is 9.63. The molecule has 1 aromatic carbocycles. The first kappa shape index (κ1) is 15.5. The lowest BCUT2D eigenvalue weighted by atomic mass is 9.94. The Morgan fingerprint density at radius 2 is 1.85 bits per heavy atom. The molecule has 1 aromatic rings. The van der Waals surface area contributed by atoms with Gasteiger partial charge in [0.15, 0.2) is 0 Å². The molecule has 0 bridgehead atoms. The zero-order chi connectivity index (χ0) is 14.5. The zero-order valence-corrected chi connectivity index (χ0v) is 13.5. The molecule has 0 radical (unpaired) electrons. The molecule has 1 fully saturated rings. The van der Waals surface area contributed by atoms with Gasteiger partial charge >= 0.3 is 0 Å². The van der Waals surface area contributed by atoms with Crippen LogP contribution in [0.1, 0.15) is 45.2 Å². The van der Waals surface area contributed by atoms with E-state index < -0.39 is 0 Å². The third-order valence-electron chi connectivity index (χ3n) is 4.77. The van der Waals surface area contributed by atoms with E-state index >= 15 is 0 Å². The summed E-state index contributed by atoms with van der Waals surface area (Å²) in [5, 5.41) is 3.64. The average Bonchev–Trinajstić information content (AvgIpc) is 2.47. The molecule has 1 saturated heterocycles. The molecule has 0 spiro atoms. The van der Waals surface area contributed by atoms with Gasteiger partial charge in [-0.1, -0.05) is 51.5 Å². The summed E-state index contributed by atoms with van der Waals surface area (Å²) in [6.45, 7) is 12.6. The molecular formula is C18H30N2. The number of hydrogen-bond donors (Lipinski definition) is 1. The normalized spacial score (nSPS) is 25.6. The molecule has 112 valence electrons. The van der Waals surface area contributed by atoms with Crippen molar-refractivity contribution in [1.82, 2.24) is 10.2 Å². The Labute approximate surface area is 124 Å². The van der Waals surface area contributed by atoms with Gasteiger partial charge in [-0.3, -0.25) is 4.90 Å². The molecule has 1 aliphatic rings. The van der Waals surface area contributed by atoms with E-state index in [-0.39, 0.29) is 0 Å². The zero-order valence-electron chi connectivity index (χ0n) is 13.5. The van der Waals surface area contributed by atoms with Gasteiger partial charge in [-0.25, -0.2) is 0 Å². The molecule has 2 nitrogen and oxygen atoms in total. The van der Waals surface area contributed by atoms with Gasteiger partial charge in [0.2, 0.25) is 0 Å². The Kier molecular flexibility index (Phi) is 5.62. The minimum Gasteiger partial charge on any atom is -0.311 e. The van der Waals surface area contributed by atoms with Crippen molar-refractivity contribution in [3.8, 4) is 0 Å². The summed E-state index contributed by atoms with van der Waals surface area (Å²) in [5.41, 5.74) is 2.88. The van der Waals surface area contributed by atoms with Crippen LogP contribution in [0, 0.1) is 5.92 Å². The summed E-state index contributed by atoms with van der Waals surface area (Å²) in [6, 6.07) is 10.4. The highest BCUT2D eigenvalue weighted by Crippen LogP contribution is 2.20. The van der Waals surface area contributed by atoms with Crippen molar-refractivity contribution in [1.29, 1.82) is 0 Å². The Morgan fingerprint density at radius 1 is 1.20 bits per heavy atom. The van der Waals surface area contributed by atoms with Crippen LogP contribution in [0.5, 0.6) is 0 Å². The molecule has 3 atom stereocenters. The summed E-state index contributed by atoms with van der Waals surface area (Å²) in [6.07, 6.45) is 2.38. The van der Waals surface area contributed by atoms with Crippen molar-refractivity contribution in [2.45, 2.75) is 59.2 Å². The van der Waals surface area contributed by atoms with Crippen molar-refractivity contribution in [3.05, 3.63) is 35.4 Å². The molecule has 0 amide bonds. The van der Waals surface area contributed by atoms with Crippen LogP contribution >= 0.6 is 0 Å². The van der Waals surface area contributed by atoms with E-state index in [9.17, 15) is 0 Å². The van der Waals surface area contributed by atoms with Crippen LogP contribution in [0.4, 0.5) is 0 Å².